The van der Waals surface area contributed by atoms with Crippen LogP contribution in [-0.2, 0) is 4.74 Å². The summed E-state index contributed by atoms with van der Waals surface area (Å²) in [6, 6.07) is 8.83. The molecule has 0 aromatic heterocycles. The van der Waals surface area contributed by atoms with Crippen LogP contribution >= 0.6 is 0 Å². The Morgan fingerprint density at radius 3 is 2.90 bits per heavy atom. The van der Waals surface area contributed by atoms with Gasteiger partial charge in [0.2, 0.25) is 0 Å². The van der Waals surface area contributed by atoms with Gasteiger partial charge in [-0.2, -0.15) is 0 Å². The van der Waals surface area contributed by atoms with Crippen LogP contribution < -0.4 is 5.32 Å². The lowest BCUT2D eigenvalue weighted by Crippen LogP contribution is -2.23. The first-order valence-corrected chi connectivity index (χ1v) is 8.19. The minimum Gasteiger partial charge on any atom is -0.378 e. The van der Waals surface area contributed by atoms with Crippen LogP contribution in [0.5, 0.6) is 0 Å². The number of rotatable bonds is 8. The normalized spacial score (nSPS) is 20.2. The fourth-order valence-corrected chi connectivity index (χ4v) is 3.12. The maximum Gasteiger partial charge on any atom is 0.0576 e. The molecule has 0 spiro atoms. The van der Waals surface area contributed by atoms with Crippen molar-refractivity contribution in [3.05, 3.63) is 35.4 Å². The van der Waals surface area contributed by atoms with Crippen molar-refractivity contribution < 1.29 is 4.74 Å². The highest BCUT2D eigenvalue weighted by Crippen LogP contribution is 2.27. The van der Waals surface area contributed by atoms with Gasteiger partial charge >= 0.3 is 0 Å². The third-order valence-electron chi connectivity index (χ3n) is 4.31. The van der Waals surface area contributed by atoms with Crippen LogP contribution in [0.2, 0.25) is 0 Å². The third-order valence-corrected chi connectivity index (χ3v) is 4.31. The van der Waals surface area contributed by atoms with E-state index in [9.17, 15) is 0 Å². The average Bonchev–Trinajstić information content (AvgIpc) is 2.97. The molecule has 0 saturated carbocycles. The second kappa shape index (κ2) is 8.43. The van der Waals surface area contributed by atoms with Gasteiger partial charge in [-0.25, -0.2) is 0 Å². The standard InChI is InChI=1S/C18H29NO/c1-3-12-19-14-16(10-11-17-8-6-13-20-17)18-9-5-4-7-15(18)2/h4-5,7,9,16-17,19H,3,6,8,10-14H2,1-2H3. The molecule has 0 amide bonds. The molecule has 2 rings (SSSR count). The van der Waals surface area contributed by atoms with E-state index in [0.717, 1.165) is 19.7 Å². The summed E-state index contributed by atoms with van der Waals surface area (Å²) in [5.41, 5.74) is 2.93. The first-order valence-electron chi connectivity index (χ1n) is 8.19. The highest BCUT2D eigenvalue weighted by atomic mass is 16.5. The number of hydrogen-bond acceptors (Lipinski definition) is 2. The Morgan fingerprint density at radius 2 is 2.20 bits per heavy atom. The van der Waals surface area contributed by atoms with Gasteiger partial charge in [-0.1, -0.05) is 31.2 Å². The summed E-state index contributed by atoms with van der Waals surface area (Å²) in [6.45, 7) is 7.62. The molecule has 0 bridgehead atoms. The van der Waals surface area contributed by atoms with Crippen molar-refractivity contribution in [1.29, 1.82) is 0 Å². The maximum absolute atomic E-state index is 5.77. The zero-order chi connectivity index (χ0) is 14.2. The van der Waals surface area contributed by atoms with Crippen LogP contribution in [0, 0.1) is 6.92 Å². The Balaban J connectivity index is 1.94. The molecule has 1 heterocycles. The topological polar surface area (TPSA) is 21.3 Å². The smallest absolute Gasteiger partial charge is 0.0576 e. The SMILES string of the molecule is CCCNCC(CCC1CCCO1)c1ccccc1C. The van der Waals surface area contributed by atoms with Crippen molar-refractivity contribution in [2.45, 2.75) is 58.0 Å². The molecule has 1 aromatic rings. The molecular weight excluding hydrogens is 246 g/mol. The summed E-state index contributed by atoms with van der Waals surface area (Å²) in [6.07, 6.45) is 6.63. The van der Waals surface area contributed by atoms with E-state index in [-0.39, 0.29) is 0 Å². The molecule has 1 aliphatic rings. The zero-order valence-corrected chi connectivity index (χ0v) is 13.0. The van der Waals surface area contributed by atoms with Crippen molar-refractivity contribution in [3.63, 3.8) is 0 Å². The first-order chi connectivity index (χ1) is 9.81. The van der Waals surface area contributed by atoms with Crippen LogP contribution in [0.3, 0.4) is 0 Å². The lowest BCUT2D eigenvalue weighted by Gasteiger charge is -2.21. The van der Waals surface area contributed by atoms with Gasteiger partial charge < -0.3 is 10.1 Å². The van der Waals surface area contributed by atoms with Crippen LogP contribution in [0.1, 0.15) is 56.1 Å². The Kier molecular flexibility index (Phi) is 6.55. The maximum atomic E-state index is 5.77. The predicted octanol–water partition coefficient (Wildman–Crippen LogP) is 4.04. The van der Waals surface area contributed by atoms with E-state index in [1.165, 1.54) is 43.2 Å². The second-order valence-electron chi connectivity index (χ2n) is 5.97. The summed E-state index contributed by atoms with van der Waals surface area (Å²) in [4.78, 5) is 0. The van der Waals surface area contributed by atoms with E-state index in [1.807, 2.05) is 0 Å². The van der Waals surface area contributed by atoms with Crippen LogP contribution in [-0.4, -0.2) is 25.8 Å². The lowest BCUT2D eigenvalue weighted by molar-refractivity contribution is 0.101. The van der Waals surface area contributed by atoms with Crippen LogP contribution in [0.25, 0.3) is 0 Å². The van der Waals surface area contributed by atoms with E-state index in [4.69, 9.17) is 4.74 Å². The molecular formula is C18H29NO. The molecule has 2 nitrogen and oxygen atoms in total. The molecule has 0 aliphatic carbocycles. The molecule has 2 unspecified atom stereocenters. The van der Waals surface area contributed by atoms with Gasteiger partial charge in [0.15, 0.2) is 0 Å². The molecule has 20 heavy (non-hydrogen) atoms. The molecule has 1 aliphatic heterocycles. The number of nitrogens with one attached hydrogen (secondary N) is 1. The van der Waals surface area contributed by atoms with E-state index >= 15 is 0 Å². The third kappa shape index (κ3) is 4.60. The average molecular weight is 275 g/mol. The minimum absolute atomic E-state index is 0.507. The molecule has 1 N–H and O–H groups in total. The fourth-order valence-electron chi connectivity index (χ4n) is 3.12. The first kappa shape index (κ1) is 15.5. The second-order valence-corrected chi connectivity index (χ2v) is 5.97. The van der Waals surface area contributed by atoms with E-state index < -0.39 is 0 Å². The monoisotopic (exact) mass is 275 g/mol. The number of hydrogen-bond donors (Lipinski definition) is 1. The summed E-state index contributed by atoms with van der Waals surface area (Å²) < 4.78 is 5.77. The number of benzene rings is 1. The molecule has 2 atom stereocenters. The Labute approximate surface area is 123 Å². The molecule has 2 heteroatoms. The molecule has 1 fully saturated rings. The summed E-state index contributed by atoms with van der Waals surface area (Å²) in [5, 5.41) is 3.60. The Morgan fingerprint density at radius 1 is 1.35 bits per heavy atom. The highest BCUT2D eigenvalue weighted by Gasteiger charge is 2.19. The van der Waals surface area contributed by atoms with Gasteiger partial charge in [0.25, 0.3) is 0 Å². The van der Waals surface area contributed by atoms with Crippen molar-refractivity contribution in [2.24, 2.45) is 0 Å². The Hall–Kier alpha value is -0.860. The van der Waals surface area contributed by atoms with Gasteiger partial charge in [-0.05, 0) is 62.6 Å². The summed E-state index contributed by atoms with van der Waals surface area (Å²) in [5.74, 6) is 0.618. The fraction of sp³-hybridized carbons (Fsp3) is 0.667. The van der Waals surface area contributed by atoms with Crippen LogP contribution in [0.15, 0.2) is 24.3 Å². The summed E-state index contributed by atoms with van der Waals surface area (Å²) >= 11 is 0. The van der Waals surface area contributed by atoms with E-state index in [1.54, 1.807) is 0 Å². The summed E-state index contributed by atoms with van der Waals surface area (Å²) in [7, 11) is 0. The largest absolute Gasteiger partial charge is 0.378 e. The van der Waals surface area contributed by atoms with Crippen molar-refractivity contribution in [2.75, 3.05) is 19.7 Å². The van der Waals surface area contributed by atoms with Crippen molar-refractivity contribution >= 4 is 0 Å². The minimum atomic E-state index is 0.507. The molecule has 0 radical (unpaired) electrons. The zero-order valence-electron chi connectivity index (χ0n) is 13.0. The van der Waals surface area contributed by atoms with Crippen molar-refractivity contribution in [3.8, 4) is 0 Å². The van der Waals surface area contributed by atoms with E-state index in [2.05, 4.69) is 43.4 Å². The molecule has 1 saturated heterocycles. The van der Waals surface area contributed by atoms with E-state index in [0.29, 0.717) is 12.0 Å². The quantitative estimate of drug-likeness (QED) is 0.723. The van der Waals surface area contributed by atoms with Gasteiger partial charge in [0.05, 0.1) is 6.10 Å². The molecule has 1 aromatic carbocycles. The van der Waals surface area contributed by atoms with Gasteiger partial charge in [-0.3, -0.25) is 0 Å². The molecule has 112 valence electrons. The van der Waals surface area contributed by atoms with Gasteiger partial charge in [0.1, 0.15) is 0 Å². The van der Waals surface area contributed by atoms with Gasteiger partial charge in [0, 0.05) is 13.2 Å². The van der Waals surface area contributed by atoms with Crippen LogP contribution in [0.4, 0.5) is 0 Å². The number of aryl methyl sites for hydroxylation is 1. The number of ether oxygens (including phenoxy) is 1. The Bertz CT molecular complexity index is 385. The van der Waals surface area contributed by atoms with Crippen molar-refractivity contribution in [1.82, 2.24) is 5.32 Å². The predicted molar refractivity (Wildman–Crippen MR) is 85.3 cm³/mol. The van der Waals surface area contributed by atoms with Gasteiger partial charge in [-0.15, -0.1) is 0 Å². The lowest BCUT2D eigenvalue weighted by atomic mass is 9.89. The highest BCUT2D eigenvalue weighted by molar-refractivity contribution is 5.29.